The number of furan rings is 1. The zero-order chi connectivity index (χ0) is 22.5. The Hall–Kier alpha value is -3.41. The SMILES string of the molecule is Cc1ccc(C(=O)N(CCc2ccc(F)cc2)C2CCCC2)cc1NC(=O)c1ccco1. The monoisotopic (exact) mass is 434 g/mol. The third-order valence-electron chi connectivity index (χ3n) is 6.06. The van der Waals surface area contributed by atoms with Crippen molar-refractivity contribution in [2.24, 2.45) is 0 Å². The van der Waals surface area contributed by atoms with Crippen molar-refractivity contribution in [1.82, 2.24) is 4.90 Å². The largest absolute Gasteiger partial charge is 0.459 e. The molecule has 32 heavy (non-hydrogen) atoms. The lowest BCUT2D eigenvalue weighted by molar-refractivity contribution is 0.0683. The van der Waals surface area contributed by atoms with Gasteiger partial charge >= 0.3 is 0 Å². The molecule has 0 bridgehead atoms. The van der Waals surface area contributed by atoms with Crippen molar-refractivity contribution in [3.8, 4) is 0 Å². The third kappa shape index (κ3) is 5.07. The number of benzene rings is 2. The molecular weight excluding hydrogens is 407 g/mol. The highest BCUT2D eigenvalue weighted by Gasteiger charge is 2.27. The first-order chi connectivity index (χ1) is 15.5. The van der Waals surface area contributed by atoms with E-state index in [0.29, 0.717) is 24.2 Å². The maximum atomic E-state index is 13.5. The first kappa shape index (κ1) is 21.8. The predicted molar refractivity (Wildman–Crippen MR) is 121 cm³/mol. The lowest BCUT2D eigenvalue weighted by Crippen LogP contribution is -2.40. The van der Waals surface area contributed by atoms with Gasteiger partial charge in [0.05, 0.1) is 6.26 Å². The second kappa shape index (κ2) is 9.81. The highest BCUT2D eigenvalue weighted by Crippen LogP contribution is 2.27. The Kier molecular flexibility index (Phi) is 6.69. The van der Waals surface area contributed by atoms with E-state index in [1.54, 1.807) is 36.4 Å². The summed E-state index contributed by atoms with van der Waals surface area (Å²) in [5, 5.41) is 2.84. The molecule has 0 saturated heterocycles. The molecule has 0 aliphatic heterocycles. The fourth-order valence-electron chi connectivity index (χ4n) is 4.21. The van der Waals surface area contributed by atoms with Gasteiger partial charge in [0.1, 0.15) is 5.82 Å². The molecule has 6 heteroatoms. The van der Waals surface area contributed by atoms with Crippen LogP contribution in [0.2, 0.25) is 0 Å². The van der Waals surface area contributed by atoms with Crippen molar-refractivity contribution < 1.29 is 18.4 Å². The van der Waals surface area contributed by atoms with Gasteiger partial charge in [0.15, 0.2) is 5.76 Å². The van der Waals surface area contributed by atoms with E-state index in [2.05, 4.69) is 5.32 Å². The number of nitrogens with one attached hydrogen (secondary N) is 1. The number of carbonyl (C=O) groups excluding carboxylic acids is 2. The maximum Gasteiger partial charge on any atom is 0.291 e. The van der Waals surface area contributed by atoms with E-state index in [9.17, 15) is 14.0 Å². The number of anilines is 1. The van der Waals surface area contributed by atoms with Crippen LogP contribution in [-0.4, -0.2) is 29.3 Å². The summed E-state index contributed by atoms with van der Waals surface area (Å²) in [5.74, 6) is -0.451. The molecule has 2 amide bonds. The van der Waals surface area contributed by atoms with Crippen molar-refractivity contribution in [3.05, 3.63) is 89.1 Å². The molecule has 1 N–H and O–H groups in total. The average Bonchev–Trinajstić information content (AvgIpc) is 3.51. The summed E-state index contributed by atoms with van der Waals surface area (Å²) in [6.07, 6.45) is 6.32. The summed E-state index contributed by atoms with van der Waals surface area (Å²) in [5.41, 5.74) is 2.98. The van der Waals surface area contributed by atoms with Gasteiger partial charge in [0, 0.05) is 23.8 Å². The van der Waals surface area contributed by atoms with Gasteiger partial charge in [-0.1, -0.05) is 31.0 Å². The first-order valence-electron chi connectivity index (χ1n) is 11.0. The van der Waals surface area contributed by atoms with Gasteiger partial charge in [-0.05, 0) is 73.7 Å². The summed E-state index contributed by atoms with van der Waals surface area (Å²) in [6, 6.07) is 15.3. The van der Waals surface area contributed by atoms with Crippen LogP contribution in [-0.2, 0) is 6.42 Å². The molecule has 1 heterocycles. The van der Waals surface area contributed by atoms with Crippen LogP contribution in [0.15, 0.2) is 65.3 Å². The third-order valence-corrected chi connectivity index (χ3v) is 6.06. The van der Waals surface area contributed by atoms with Gasteiger partial charge in [-0.25, -0.2) is 4.39 Å². The first-order valence-corrected chi connectivity index (χ1v) is 11.0. The number of amides is 2. The Bertz CT molecular complexity index is 1070. The Balaban J connectivity index is 1.53. The van der Waals surface area contributed by atoms with Gasteiger partial charge in [0.25, 0.3) is 11.8 Å². The maximum absolute atomic E-state index is 13.5. The minimum absolute atomic E-state index is 0.0486. The van der Waals surface area contributed by atoms with Crippen molar-refractivity contribution in [2.75, 3.05) is 11.9 Å². The van der Waals surface area contributed by atoms with Crippen LogP contribution in [0.25, 0.3) is 0 Å². The number of nitrogens with zero attached hydrogens (tertiary/aromatic N) is 1. The molecule has 2 aromatic carbocycles. The van der Waals surface area contributed by atoms with Gasteiger partial charge in [-0.3, -0.25) is 9.59 Å². The lowest BCUT2D eigenvalue weighted by Gasteiger charge is -2.29. The second-order valence-corrected chi connectivity index (χ2v) is 8.27. The van der Waals surface area contributed by atoms with Crippen molar-refractivity contribution in [1.29, 1.82) is 0 Å². The van der Waals surface area contributed by atoms with E-state index in [4.69, 9.17) is 4.42 Å². The molecule has 3 aromatic rings. The number of hydrogen-bond acceptors (Lipinski definition) is 3. The quantitative estimate of drug-likeness (QED) is 0.526. The molecule has 166 valence electrons. The molecule has 1 aliphatic carbocycles. The number of hydrogen-bond donors (Lipinski definition) is 1. The molecule has 1 aliphatic rings. The average molecular weight is 435 g/mol. The standard InChI is InChI=1S/C26H27FN2O3/c1-18-8-11-20(17-23(18)28-25(30)24-7-4-16-32-24)26(31)29(22-5-2-3-6-22)15-14-19-9-12-21(27)13-10-19/h4,7-13,16-17,22H,2-3,5-6,14-15H2,1H3,(H,28,30). The molecule has 0 unspecified atom stereocenters. The molecule has 0 atom stereocenters. The Morgan fingerprint density at radius 2 is 1.84 bits per heavy atom. The molecule has 1 aromatic heterocycles. The fourth-order valence-corrected chi connectivity index (χ4v) is 4.21. The summed E-state index contributed by atoms with van der Waals surface area (Å²) >= 11 is 0. The van der Waals surface area contributed by atoms with Gasteiger partial charge in [-0.2, -0.15) is 0 Å². The number of aryl methyl sites for hydroxylation is 1. The number of rotatable bonds is 7. The van der Waals surface area contributed by atoms with E-state index >= 15 is 0 Å². The lowest BCUT2D eigenvalue weighted by atomic mass is 10.1. The van der Waals surface area contributed by atoms with Gasteiger partial charge in [0.2, 0.25) is 0 Å². The molecule has 1 fully saturated rings. The van der Waals surface area contributed by atoms with Crippen LogP contribution >= 0.6 is 0 Å². The van der Waals surface area contributed by atoms with Crippen LogP contribution < -0.4 is 5.32 Å². The molecule has 4 rings (SSSR count). The Morgan fingerprint density at radius 3 is 2.53 bits per heavy atom. The van der Waals surface area contributed by atoms with Crippen LogP contribution in [0.1, 0.15) is 57.7 Å². The Labute approximate surface area is 187 Å². The van der Waals surface area contributed by atoms with E-state index in [1.165, 1.54) is 18.4 Å². The van der Waals surface area contributed by atoms with Crippen LogP contribution in [0.5, 0.6) is 0 Å². The molecule has 0 spiro atoms. The van der Waals surface area contributed by atoms with Crippen molar-refractivity contribution >= 4 is 17.5 Å². The van der Waals surface area contributed by atoms with Gasteiger partial charge < -0.3 is 14.6 Å². The number of halogens is 1. The minimum Gasteiger partial charge on any atom is -0.459 e. The predicted octanol–water partition coefficient (Wildman–Crippen LogP) is 5.61. The summed E-state index contributed by atoms with van der Waals surface area (Å²) < 4.78 is 18.4. The van der Waals surface area contributed by atoms with Crippen LogP contribution in [0, 0.1) is 12.7 Å². The second-order valence-electron chi connectivity index (χ2n) is 8.27. The normalized spacial score (nSPS) is 13.8. The fraction of sp³-hybridized carbons (Fsp3) is 0.308. The number of carbonyl (C=O) groups is 2. The van der Waals surface area contributed by atoms with Crippen LogP contribution in [0.4, 0.5) is 10.1 Å². The molecule has 5 nitrogen and oxygen atoms in total. The summed E-state index contributed by atoms with van der Waals surface area (Å²) in [4.78, 5) is 27.9. The summed E-state index contributed by atoms with van der Waals surface area (Å²) in [6.45, 7) is 2.45. The van der Waals surface area contributed by atoms with Crippen molar-refractivity contribution in [3.63, 3.8) is 0 Å². The van der Waals surface area contributed by atoms with E-state index in [0.717, 1.165) is 36.8 Å². The zero-order valence-corrected chi connectivity index (χ0v) is 18.1. The topological polar surface area (TPSA) is 62.6 Å². The smallest absolute Gasteiger partial charge is 0.291 e. The van der Waals surface area contributed by atoms with E-state index in [1.807, 2.05) is 17.9 Å². The van der Waals surface area contributed by atoms with Crippen LogP contribution in [0.3, 0.4) is 0 Å². The van der Waals surface area contributed by atoms with E-state index in [-0.39, 0.29) is 29.4 Å². The molecule has 0 radical (unpaired) electrons. The zero-order valence-electron chi connectivity index (χ0n) is 18.1. The van der Waals surface area contributed by atoms with E-state index < -0.39 is 0 Å². The van der Waals surface area contributed by atoms with Gasteiger partial charge in [-0.15, -0.1) is 0 Å². The Morgan fingerprint density at radius 1 is 1.09 bits per heavy atom. The van der Waals surface area contributed by atoms with Crippen molar-refractivity contribution in [2.45, 2.75) is 45.1 Å². The minimum atomic E-state index is -0.355. The highest BCUT2D eigenvalue weighted by molar-refractivity contribution is 6.04. The highest BCUT2D eigenvalue weighted by atomic mass is 19.1. The summed E-state index contributed by atoms with van der Waals surface area (Å²) in [7, 11) is 0. The molecular formula is C26H27FN2O3. The molecule has 1 saturated carbocycles.